The van der Waals surface area contributed by atoms with E-state index < -0.39 is 0 Å². The average molecular weight is 408 g/mol. The molecule has 0 N–H and O–H groups in total. The van der Waals surface area contributed by atoms with Crippen molar-refractivity contribution in [2.45, 2.75) is 63.6 Å². The molecule has 1 amide bonds. The van der Waals surface area contributed by atoms with Crippen LogP contribution in [0.4, 0.5) is 0 Å². The quantitative estimate of drug-likeness (QED) is 0.655. The number of thiophene rings is 1. The number of carbonyl (C=O) groups is 2. The van der Waals surface area contributed by atoms with Crippen LogP contribution in [0.1, 0.15) is 64.7 Å². The van der Waals surface area contributed by atoms with E-state index in [9.17, 15) is 9.59 Å². The van der Waals surface area contributed by atoms with Gasteiger partial charge < -0.3 is 9.64 Å². The Kier molecular flexibility index (Phi) is 4.39. The summed E-state index contributed by atoms with van der Waals surface area (Å²) in [7, 11) is 0. The van der Waals surface area contributed by atoms with E-state index in [1.165, 1.54) is 29.7 Å². The summed E-state index contributed by atoms with van der Waals surface area (Å²) in [5.74, 6) is 0.966. The molecule has 0 unspecified atom stereocenters. The SMILES string of the molecule is C=C1CC[C@H](N2Cc3cc(COc4ccc(C5(C)CC5)cc4)sc3C2=O)C(=O)C1. The fourth-order valence-corrected chi connectivity index (χ4v) is 5.40. The van der Waals surface area contributed by atoms with Crippen molar-refractivity contribution in [1.29, 1.82) is 0 Å². The standard InChI is InChI=1S/C24H25NO3S/c1-15-3-8-20(21(26)11-15)25-13-16-12-19(29-22(16)23(25)27)14-28-18-6-4-17(5-7-18)24(2)9-10-24/h4-7,12,20H,1,3,8-11,13-14H2,2H3/t20-/m0/s1. The zero-order valence-electron chi connectivity index (χ0n) is 16.7. The van der Waals surface area contributed by atoms with Gasteiger partial charge in [0.1, 0.15) is 12.4 Å². The lowest BCUT2D eigenvalue weighted by molar-refractivity contribution is -0.124. The Hall–Kier alpha value is -2.40. The van der Waals surface area contributed by atoms with E-state index in [1.54, 1.807) is 4.90 Å². The predicted molar refractivity (Wildman–Crippen MR) is 113 cm³/mol. The molecule has 0 spiro atoms. The molecule has 29 heavy (non-hydrogen) atoms. The normalized spacial score (nSPS) is 22.7. The third-order valence-electron chi connectivity index (χ3n) is 6.53. The van der Waals surface area contributed by atoms with Crippen molar-refractivity contribution in [1.82, 2.24) is 4.90 Å². The summed E-state index contributed by atoms with van der Waals surface area (Å²) in [5.41, 5.74) is 3.75. The summed E-state index contributed by atoms with van der Waals surface area (Å²) in [4.78, 5) is 28.8. The zero-order valence-corrected chi connectivity index (χ0v) is 17.5. The van der Waals surface area contributed by atoms with Crippen molar-refractivity contribution in [2.24, 2.45) is 0 Å². The highest BCUT2D eigenvalue weighted by Gasteiger charge is 2.40. The Bertz CT molecular complexity index is 1000. The Labute approximate surface area is 175 Å². The van der Waals surface area contributed by atoms with Gasteiger partial charge in [0.25, 0.3) is 5.91 Å². The molecule has 2 heterocycles. The molecule has 3 aliphatic rings. The van der Waals surface area contributed by atoms with Crippen molar-refractivity contribution in [3.63, 3.8) is 0 Å². The van der Waals surface area contributed by atoms with Gasteiger partial charge in [-0.2, -0.15) is 0 Å². The first-order valence-electron chi connectivity index (χ1n) is 10.3. The van der Waals surface area contributed by atoms with Gasteiger partial charge in [0.15, 0.2) is 5.78 Å². The first-order chi connectivity index (χ1) is 13.9. The molecule has 2 fully saturated rings. The van der Waals surface area contributed by atoms with Crippen molar-refractivity contribution >= 4 is 23.0 Å². The molecule has 1 aromatic carbocycles. The van der Waals surface area contributed by atoms with Crippen molar-refractivity contribution in [3.05, 3.63) is 63.4 Å². The van der Waals surface area contributed by atoms with Crippen molar-refractivity contribution < 1.29 is 14.3 Å². The number of ether oxygens (including phenoxy) is 1. The van der Waals surface area contributed by atoms with Crippen LogP contribution in [-0.2, 0) is 23.4 Å². The average Bonchev–Trinajstić information content (AvgIpc) is 3.21. The number of rotatable bonds is 5. The number of benzene rings is 1. The van der Waals surface area contributed by atoms with E-state index in [2.05, 4.69) is 31.7 Å². The second-order valence-electron chi connectivity index (χ2n) is 8.82. The van der Waals surface area contributed by atoms with E-state index >= 15 is 0 Å². The summed E-state index contributed by atoms with van der Waals surface area (Å²) < 4.78 is 5.95. The van der Waals surface area contributed by atoms with Gasteiger partial charge in [-0.05, 0) is 60.4 Å². The van der Waals surface area contributed by atoms with Crippen LogP contribution >= 0.6 is 11.3 Å². The van der Waals surface area contributed by atoms with Gasteiger partial charge in [-0.15, -0.1) is 11.3 Å². The number of allylic oxidation sites excluding steroid dienone is 1. The maximum absolute atomic E-state index is 12.9. The van der Waals surface area contributed by atoms with Gasteiger partial charge in [0, 0.05) is 17.8 Å². The van der Waals surface area contributed by atoms with Gasteiger partial charge in [-0.3, -0.25) is 9.59 Å². The zero-order chi connectivity index (χ0) is 20.2. The topological polar surface area (TPSA) is 46.6 Å². The van der Waals surface area contributed by atoms with Crippen LogP contribution in [0, 0.1) is 0 Å². The molecule has 1 aliphatic heterocycles. The minimum atomic E-state index is -0.292. The number of amides is 1. The molecule has 0 saturated heterocycles. The fourth-order valence-electron chi connectivity index (χ4n) is 4.36. The third kappa shape index (κ3) is 3.42. The third-order valence-corrected chi connectivity index (χ3v) is 7.67. The maximum Gasteiger partial charge on any atom is 0.265 e. The summed E-state index contributed by atoms with van der Waals surface area (Å²) in [6.07, 6.45) is 4.45. The highest BCUT2D eigenvalue weighted by molar-refractivity contribution is 7.14. The van der Waals surface area contributed by atoms with Crippen LogP contribution in [0.25, 0.3) is 0 Å². The number of fused-ring (bicyclic) bond motifs is 1. The highest BCUT2D eigenvalue weighted by Crippen LogP contribution is 2.47. The van der Waals surface area contributed by atoms with E-state index in [-0.39, 0.29) is 17.7 Å². The molecule has 5 rings (SSSR count). The van der Waals surface area contributed by atoms with Gasteiger partial charge in [0.05, 0.1) is 10.9 Å². The second kappa shape index (κ2) is 6.84. The lowest BCUT2D eigenvalue weighted by atomic mass is 9.90. The summed E-state index contributed by atoms with van der Waals surface area (Å²) in [6, 6.07) is 10.2. The smallest absolute Gasteiger partial charge is 0.265 e. The second-order valence-corrected chi connectivity index (χ2v) is 9.96. The first kappa shape index (κ1) is 18.6. The van der Waals surface area contributed by atoms with Crippen LogP contribution in [0.15, 0.2) is 42.5 Å². The number of Topliss-reactive ketones (excluding diaryl/α,β-unsaturated/α-hetero) is 1. The van der Waals surface area contributed by atoms with Crippen molar-refractivity contribution in [3.8, 4) is 5.75 Å². The molecule has 5 heteroatoms. The predicted octanol–water partition coefficient (Wildman–Crippen LogP) is 5.01. The molecule has 2 aliphatic carbocycles. The Balaban J connectivity index is 1.22. The molecule has 4 nitrogen and oxygen atoms in total. The molecule has 0 radical (unpaired) electrons. The summed E-state index contributed by atoms with van der Waals surface area (Å²) in [5, 5.41) is 0. The molecule has 2 saturated carbocycles. The molecule has 1 aromatic heterocycles. The minimum absolute atomic E-state index is 0.0101. The highest BCUT2D eigenvalue weighted by atomic mass is 32.1. The number of ketones is 1. The lowest BCUT2D eigenvalue weighted by Gasteiger charge is -2.30. The molecule has 150 valence electrons. The Morgan fingerprint density at radius 1 is 1.24 bits per heavy atom. The molecule has 2 aromatic rings. The summed E-state index contributed by atoms with van der Waals surface area (Å²) >= 11 is 1.49. The van der Waals surface area contributed by atoms with E-state index in [0.717, 1.165) is 33.1 Å². The van der Waals surface area contributed by atoms with Gasteiger partial charge >= 0.3 is 0 Å². The molecular weight excluding hydrogens is 382 g/mol. The van der Waals surface area contributed by atoms with Gasteiger partial charge in [-0.25, -0.2) is 0 Å². The fraction of sp³-hybridized carbons (Fsp3) is 0.417. The monoisotopic (exact) mass is 407 g/mol. The molecule has 1 atom stereocenters. The minimum Gasteiger partial charge on any atom is -0.488 e. The van der Waals surface area contributed by atoms with Crippen LogP contribution in [0.5, 0.6) is 5.75 Å². The summed E-state index contributed by atoms with van der Waals surface area (Å²) in [6.45, 7) is 7.20. The lowest BCUT2D eigenvalue weighted by Crippen LogP contribution is -2.43. The Morgan fingerprint density at radius 3 is 2.66 bits per heavy atom. The maximum atomic E-state index is 12.9. The van der Waals surface area contributed by atoms with Crippen LogP contribution < -0.4 is 4.74 Å². The van der Waals surface area contributed by atoms with Crippen LogP contribution in [0.3, 0.4) is 0 Å². The molecule has 0 bridgehead atoms. The molecular formula is C24H25NO3S. The van der Waals surface area contributed by atoms with E-state index in [0.29, 0.717) is 31.4 Å². The van der Waals surface area contributed by atoms with Gasteiger partial charge in [0.2, 0.25) is 0 Å². The van der Waals surface area contributed by atoms with E-state index in [4.69, 9.17) is 4.74 Å². The number of carbonyl (C=O) groups excluding carboxylic acids is 2. The van der Waals surface area contributed by atoms with Crippen molar-refractivity contribution in [2.75, 3.05) is 0 Å². The number of nitrogens with zero attached hydrogens (tertiary/aromatic N) is 1. The largest absolute Gasteiger partial charge is 0.488 e. The number of hydrogen-bond donors (Lipinski definition) is 0. The van der Waals surface area contributed by atoms with Gasteiger partial charge in [-0.1, -0.05) is 31.2 Å². The first-order valence-corrected chi connectivity index (χ1v) is 11.1. The van der Waals surface area contributed by atoms with Crippen LogP contribution in [-0.4, -0.2) is 22.6 Å². The van der Waals surface area contributed by atoms with Crippen LogP contribution in [0.2, 0.25) is 0 Å². The Morgan fingerprint density at radius 2 is 2.00 bits per heavy atom. The van der Waals surface area contributed by atoms with E-state index in [1.807, 2.05) is 12.1 Å². The number of hydrogen-bond acceptors (Lipinski definition) is 4.